The maximum absolute atomic E-state index is 11.6. The third kappa shape index (κ3) is 3.47. The lowest BCUT2D eigenvalue weighted by Gasteiger charge is -2.19. The molecular formula is C9H12BrN3O2. The Kier molecular flexibility index (Phi) is 3.28. The van der Waals surface area contributed by atoms with Gasteiger partial charge in [0.25, 0.3) is 0 Å². The third-order valence-corrected chi connectivity index (χ3v) is 1.75. The van der Waals surface area contributed by atoms with Crippen molar-refractivity contribution in [1.29, 1.82) is 0 Å². The molecule has 0 aliphatic heterocycles. The van der Waals surface area contributed by atoms with Crippen molar-refractivity contribution in [1.82, 2.24) is 9.97 Å². The van der Waals surface area contributed by atoms with Crippen LogP contribution in [-0.4, -0.2) is 21.5 Å². The summed E-state index contributed by atoms with van der Waals surface area (Å²) in [6.45, 7) is 5.31. The molecule has 0 aliphatic rings. The molecule has 1 rings (SSSR count). The fourth-order valence-corrected chi connectivity index (χ4v) is 1.13. The highest BCUT2D eigenvalue weighted by Gasteiger charge is 2.21. The topological polar surface area (TPSA) is 78.1 Å². The van der Waals surface area contributed by atoms with Gasteiger partial charge in [-0.15, -0.1) is 0 Å². The molecule has 0 radical (unpaired) electrons. The molecule has 0 spiro atoms. The quantitative estimate of drug-likeness (QED) is 0.790. The van der Waals surface area contributed by atoms with E-state index in [1.54, 1.807) is 20.8 Å². The molecule has 1 aromatic heterocycles. The number of ether oxygens (including phenoxy) is 1. The van der Waals surface area contributed by atoms with Crippen LogP contribution in [0.25, 0.3) is 0 Å². The van der Waals surface area contributed by atoms with Crippen molar-refractivity contribution < 1.29 is 9.53 Å². The Hall–Kier alpha value is -1.17. The number of nitrogen functional groups attached to an aromatic ring is 1. The summed E-state index contributed by atoms with van der Waals surface area (Å²) in [6.07, 6.45) is 1.42. The van der Waals surface area contributed by atoms with Crippen molar-refractivity contribution in [3.8, 4) is 0 Å². The lowest BCUT2D eigenvalue weighted by Crippen LogP contribution is -2.25. The van der Waals surface area contributed by atoms with Crippen LogP contribution in [0.15, 0.2) is 10.8 Å². The number of rotatable bonds is 1. The van der Waals surface area contributed by atoms with Gasteiger partial charge in [0, 0.05) is 0 Å². The second kappa shape index (κ2) is 4.14. The van der Waals surface area contributed by atoms with Gasteiger partial charge in [-0.3, -0.25) is 0 Å². The molecule has 0 aliphatic carbocycles. The van der Waals surface area contributed by atoms with Crippen molar-refractivity contribution in [2.45, 2.75) is 26.4 Å². The summed E-state index contributed by atoms with van der Waals surface area (Å²) in [5.74, 6) is -0.513. The van der Waals surface area contributed by atoms with Crippen LogP contribution in [-0.2, 0) is 4.74 Å². The van der Waals surface area contributed by atoms with E-state index in [9.17, 15) is 4.79 Å². The van der Waals surface area contributed by atoms with Crippen LogP contribution < -0.4 is 5.73 Å². The van der Waals surface area contributed by atoms with Crippen molar-refractivity contribution in [3.63, 3.8) is 0 Å². The molecule has 0 amide bonds. The maximum Gasteiger partial charge on any atom is 0.361 e. The number of nitrogens with zero attached hydrogens (tertiary/aromatic N) is 2. The lowest BCUT2D eigenvalue weighted by molar-refractivity contribution is 0.00636. The van der Waals surface area contributed by atoms with Crippen LogP contribution in [0.5, 0.6) is 0 Å². The van der Waals surface area contributed by atoms with Crippen molar-refractivity contribution in [3.05, 3.63) is 16.5 Å². The van der Waals surface area contributed by atoms with Crippen LogP contribution >= 0.6 is 15.9 Å². The summed E-state index contributed by atoms with van der Waals surface area (Å²) in [5, 5.41) is 0. The van der Waals surface area contributed by atoms with Gasteiger partial charge in [-0.25, -0.2) is 14.8 Å². The largest absolute Gasteiger partial charge is 0.455 e. The van der Waals surface area contributed by atoms with E-state index < -0.39 is 11.6 Å². The fraction of sp³-hybridized carbons (Fsp3) is 0.444. The number of anilines is 1. The molecule has 1 aromatic rings. The SMILES string of the molecule is CC(C)(C)OC(=O)c1nc(Br)cnc1N. The minimum atomic E-state index is -0.576. The first-order chi connectivity index (χ1) is 6.79. The molecule has 1 heterocycles. The summed E-state index contributed by atoms with van der Waals surface area (Å²) in [6, 6.07) is 0. The van der Waals surface area contributed by atoms with Gasteiger partial charge in [0.05, 0.1) is 6.20 Å². The summed E-state index contributed by atoms with van der Waals surface area (Å²) < 4.78 is 5.56. The zero-order valence-corrected chi connectivity index (χ0v) is 10.3. The van der Waals surface area contributed by atoms with Gasteiger partial charge in [-0.1, -0.05) is 0 Å². The van der Waals surface area contributed by atoms with E-state index in [0.29, 0.717) is 4.60 Å². The second-order valence-electron chi connectivity index (χ2n) is 3.93. The Bertz CT molecular complexity index is 387. The van der Waals surface area contributed by atoms with E-state index in [2.05, 4.69) is 25.9 Å². The first kappa shape index (κ1) is 11.9. The number of carbonyl (C=O) groups excluding carboxylic acids is 1. The summed E-state index contributed by atoms with van der Waals surface area (Å²) in [5.41, 5.74) is 4.97. The van der Waals surface area contributed by atoms with E-state index >= 15 is 0 Å². The van der Waals surface area contributed by atoms with Gasteiger partial charge in [0.15, 0.2) is 11.5 Å². The van der Waals surface area contributed by atoms with Gasteiger partial charge >= 0.3 is 5.97 Å². The standard InChI is InChI=1S/C9H12BrN3O2/c1-9(2,3)15-8(14)6-7(11)12-4-5(10)13-6/h4H,1-3H3,(H2,11,12). The van der Waals surface area contributed by atoms with Gasteiger partial charge in [-0.2, -0.15) is 0 Å². The minimum Gasteiger partial charge on any atom is -0.455 e. The fourth-order valence-electron chi connectivity index (χ4n) is 0.854. The van der Waals surface area contributed by atoms with E-state index in [1.807, 2.05) is 0 Å². The Balaban J connectivity index is 2.96. The molecule has 0 atom stereocenters. The maximum atomic E-state index is 11.6. The predicted molar refractivity (Wildman–Crippen MR) is 59.3 cm³/mol. The third-order valence-electron chi connectivity index (χ3n) is 1.36. The van der Waals surface area contributed by atoms with Crippen LogP contribution in [0.3, 0.4) is 0 Å². The van der Waals surface area contributed by atoms with E-state index in [4.69, 9.17) is 10.5 Å². The van der Waals surface area contributed by atoms with Gasteiger partial charge in [0.1, 0.15) is 10.2 Å². The number of halogens is 1. The normalized spacial score (nSPS) is 11.2. The van der Waals surface area contributed by atoms with Crippen LogP contribution in [0, 0.1) is 0 Å². The predicted octanol–water partition coefficient (Wildman–Crippen LogP) is 1.78. The van der Waals surface area contributed by atoms with Gasteiger partial charge in [0.2, 0.25) is 0 Å². The van der Waals surface area contributed by atoms with Crippen LogP contribution in [0.2, 0.25) is 0 Å². The van der Waals surface area contributed by atoms with Crippen LogP contribution in [0.1, 0.15) is 31.3 Å². The molecule has 5 nitrogen and oxygen atoms in total. The Morgan fingerprint density at radius 2 is 2.13 bits per heavy atom. The molecule has 0 unspecified atom stereocenters. The zero-order chi connectivity index (χ0) is 11.6. The Labute approximate surface area is 96.2 Å². The second-order valence-corrected chi connectivity index (χ2v) is 4.74. The highest BCUT2D eigenvalue weighted by Crippen LogP contribution is 2.15. The highest BCUT2D eigenvalue weighted by atomic mass is 79.9. The summed E-state index contributed by atoms with van der Waals surface area (Å²) >= 11 is 3.11. The molecule has 82 valence electrons. The molecule has 0 bridgehead atoms. The zero-order valence-electron chi connectivity index (χ0n) is 8.74. The average Bonchev–Trinajstić information content (AvgIpc) is 2.06. The van der Waals surface area contributed by atoms with Crippen LogP contribution in [0.4, 0.5) is 5.82 Å². The average molecular weight is 274 g/mol. The molecule has 0 saturated heterocycles. The van der Waals surface area contributed by atoms with E-state index in [-0.39, 0.29) is 11.5 Å². The number of carbonyl (C=O) groups is 1. The molecule has 6 heteroatoms. The lowest BCUT2D eigenvalue weighted by atomic mass is 10.2. The first-order valence-corrected chi connectivity index (χ1v) is 5.10. The van der Waals surface area contributed by atoms with Crippen molar-refractivity contribution in [2.24, 2.45) is 0 Å². The van der Waals surface area contributed by atoms with Crippen molar-refractivity contribution >= 4 is 27.7 Å². The number of nitrogens with two attached hydrogens (primary N) is 1. The molecule has 0 fully saturated rings. The molecule has 0 aromatic carbocycles. The number of aromatic nitrogens is 2. The Morgan fingerprint density at radius 3 is 2.67 bits per heavy atom. The molecule has 2 N–H and O–H groups in total. The van der Waals surface area contributed by atoms with Gasteiger partial charge in [-0.05, 0) is 36.7 Å². The summed E-state index contributed by atoms with van der Waals surface area (Å²) in [7, 11) is 0. The van der Waals surface area contributed by atoms with E-state index in [0.717, 1.165) is 0 Å². The van der Waals surface area contributed by atoms with Crippen molar-refractivity contribution in [2.75, 3.05) is 5.73 Å². The highest BCUT2D eigenvalue weighted by molar-refractivity contribution is 9.10. The Morgan fingerprint density at radius 1 is 1.53 bits per heavy atom. The molecule has 0 saturated carbocycles. The molecular weight excluding hydrogens is 262 g/mol. The monoisotopic (exact) mass is 273 g/mol. The first-order valence-electron chi connectivity index (χ1n) is 4.31. The van der Waals surface area contributed by atoms with E-state index in [1.165, 1.54) is 6.20 Å². The molecule has 15 heavy (non-hydrogen) atoms. The number of hydrogen-bond donors (Lipinski definition) is 1. The number of hydrogen-bond acceptors (Lipinski definition) is 5. The smallest absolute Gasteiger partial charge is 0.361 e. The number of esters is 1. The summed E-state index contributed by atoms with van der Waals surface area (Å²) in [4.78, 5) is 19.3. The minimum absolute atomic E-state index is 0.0271. The van der Waals surface area contributed by atoms with Gasteiger partial charge < -0.3 is 10.5 Å².